The number of nitrogens with one attached hydrogen (secondary N) is 2. The smallest absolute Gasteiger partial charge is 0.311 e. The molecule has 2 rings (SSSR count). The predicted molar refractivity (Wildman–Crippen MR) is 82.3 cm³/mol. The van der Waals surface area contributed by atoms with Gasteiger partial charge >= 0.3 is 5.97 Å². The normalized spacial score (nSPS) is 14.7. The Morgan fingerprint density at radius 3 is 2.35 bits per heavy atom. The Labute approximate surface area is 134 Å². The molecule has 23 heavy (non-hydrogen) atoms. The first-order chi connectivity index (χ1) is 11.0. The summed E-state index contributed by atoms with van der Waals surface area (Å²) in [6, 6.07) is 6.59. The van der Waals surface area contributed by atoms with Crippen LogP contribution in [0.1, 0.15) is 30.1 Å². The zero-order chi connectivity index (χ0) is 16.9. The molecule has 0 radical (unpaired) electrons. The molecule has 0 unspecified atom stereocenters. The van der Waals surface area contributed by atoms with E-state index in [1.165, 1.54) is 0 Å². The van der Waals surface area contributed by atoms with E-state index in [4.69, 9.17) is 9.84 Å². The molecule has 1 saturated carbocycles. The quantitative estimate of drug-likeness (QED) is 0.657. The summed E-state index contributed by atoms with van der Waals surface area (Å²) < 4.78 is 5.28. The van der Waals surface area contributed by atoms with Crippen molar-refractivity contribution < 1.29 is 24.2 Å². The molecule has 0 atom stereocenters. The number of carbonyl (C=O) groups excluding carboxylic acids is 2. The van der Waals surface area contributed by atoms with Crippen LogP contribution in [-0.4, -0.2) is 42.6 Å². The minimum atomic E-state index is -0.892. The van der Waals surface area contributed by atoms with Crippen LogP contribution in [0.4, 0.5) is 0 Å². The van der Waals surface area contributed by atoms with Crippen LogP contribution in [0.25, 0.3) is 0 Å². The van der Waals surface area contributed by atoms with Crippen LogP contribution in [-0.2, 0) is 9.59 Å². The fraction of sp³-hybridized carbons (Fsp3) is 0.438. The second-order valence-corrected chi connectivity index (χ2v) is 5.50. The molecule has 7 heteroatoms. The van der Waals surface area contributed by atoms with Crippen molar-refractivity contribution in [2.45, 2.75) is 19.8 Å². The highest BCUT2D eigenvalue weighted by atomic mass is 16.5. The van der Waals surface area contributed by atoms with Crippen LogP contribution in [0, 0.1) is 5.41 Å². The first-order valence-corrected chi connectivity index (χ1v) is 7.48. The van der Waals surface area contributed by atoms with E-state index in [-0.39, 0.29) is 19.0 Å². The summed E-state index contributed by atoms with van der Waals surface area (Å²) in [5.41, 5.74) is -0.389. The number of carboxylic acid groups (broad SMARTS) is 1. The summed E-state index contributed by atoms with van der Waals surface area (Å²) in [5.74, 6) is -0.999. The lowest BCUT2D eigenvalue weighted by atomic mass is 10.1. The minimum Gasteiger partial charge on any atom is -0.494 e. The molecule has 0 spiro atoms. The van der Waals surface area contributed by atoms with Crippen LogP contribution in [0.2, 0.25) is 0 Å². The molecule has 1 aliphatic rings. The number of carbonyl (C=O) groups is 3. The molecule has 124 valence electrons. The van der Waals surface area contributed by atoms with E-state index >= 15 is 0 Å². The van der Waals surface area contributed by atoms with Gasteiger partial charge in [-0.05, 0) is 44.0 Å². The van der Waals surface area contributed by atoms with Gasteiger partial charge in [-0.2, -0.15) is 0 Å². The Kier molecular flexibility index (Phi) is 5.20. The van der Waals surface area contributed by atoms with Crippen molar-refractivity contribution in [1.29, 1.82) is 0 Å². The first kappa shape index (κ1) is 16.8. The number of aliphatic carboxylic acids is 1. The Balaban J connectivity index is 1.75. The van der Waals surface area contributed by atoms with Gasteiger partial charge in [0.05, 0.1) is 18.6 Å². The first-order valence-electron chi connectivity index (χ1n) is 7.48. The molecule has 2 amide bonds. The van der Waals surface area contributed by atoms with Crippen molar-refractivity contribution in [3.05, 3.63) is 29.8 Å². The van der Waals surface area contributed by atoms with Gasteiger partial charge in [-0.25, -0.2) is 0 Å². The molecule has 0 bridgehead atoms. The van der Waals surface area contributed by atoms with Crippen molar-refractivity contribution in [3.63, 3.8) is 0 Å². The maximum atomic E-state index is 11.9. The number of carboxylic acids is 1. The average Bonchev–Trinajstić information content (AvgIpc) is 3.33. The largest absolute Gasteiger partial charge is 0.494 e. The molecule has 1 aromatic carbocycles. The van der Waals surface area contributed by atoms with Gasteiger partial charge in [-0.3, -0.25) is 14.4 Å². The summed E-state index contributed by atoms with van der Waals surface area (Å²) >= 11 is 0. The Hall–Kier alpha value is -2.57. The summed E-state index contributed by atoms with van der Waals surface area (Å²) in [7, 11) is 0. The molecule has 1 fully saturated rings. The lowest BCUT2D eigenvalue weighted by molar-refractivity contribution is -0.143. The zero-order valence-electron chi connectivity index (χ0n) is 12.9. The maximum absolute atomic E-state index is 11.9. The van der Waals surface area contributed by atoms with E-state index in [9.17, 15) is 14.4 Å². The van der Waals surface area contributed by atoms with Crippen molar-refractivity contribution in [3.8, 4) is 5.75 Å². The van der Waals surface area contributed by atoms with E-state index in [0.29, 0.717) is 30.8 Å². The molecule has 3 N–H and O–H groups in total. The standard InChI is InChI=1S/C16H20N2O5/c1-2-23-12-5-3-11(4-6-12)14(20)17-9-13(19)18-10-16(7-8-16)15(21)22/h3-6H,2,7-10H2,1H3,(H,17,20)(H,18,19)(H,21,22). The summed E-state index contributed by atoms with van der Waals surface area (Å²) in [5, 5.41) is 14.1. The van der Waals surface area contributed by atoms with Crippen LogP contribution in [0.3, 0.4) is 0 Å². The second kappa shape index (κ2) is 7.13. The van der Waals surface area contributed by atoms with Gasteiger partial charge in [0.1, 0.15) is 5.75 Å². The number of hydrogen-bond acceptors (Lipinski definition) is 4. The number of hydrogen-bond donors (Lipinski definition) is 3. The lowest BCUT2D eigenvalue weighted by Gasteiger charge is -2.11. The highest BCUT2D eigenvalue weighted by molar-refractivity contribution is 5.96. The summed E-state index contributed by atoms with van der Waals surface area (Å²) in [6.07, 6.45) is 1.14. The average molecular weight is 320 g/mol. The van der Waals surface area contributed by atoms with Gasteiger partial charge in [-0.15, -0.1) is 0 Å². The van der Waals surface area contributed by atoms with E-state index in [2.05, 4.69) is 10.6 Å². The number of amides is 2. The Morgan fingerprint density at radius 2 is 1.83 bits per heavy atom. The van der Waals surface area contributed by atoms with Crippen LogP contribution >= 0.6 is 0 Å². The second-order valence-electron chi connectivity index (χ2n) is 5.50. The highest BCUT2D eigenvalue weighted by Crippen LogP contribution is 2.45. The van der Waals surface area contributed by atoms with E-state index < -0.39 is 17.3 Å². The maximum Gasteiger partial charge on any atom is 0.311 e. The number of ether oxygens (including phenoxy) is 1. The fourth-order valence-electron chi connectivity index (χ4n) is 2.08. The summed E-state index contributed by atoms with van der Waals surface area (Å²) in [4.78, 5) is 34.6. The monoisotopic (exact) mass is 320 g/mol. The minimum absolute atomic E-state index is 0.0973. The highest BCUT2D eigenvalue weighted by Gasteiger charge is 2.50. The lowest BCUT2D eigenvalue weighted by Crippen LogP contribution is -2.40. The molecule has 0 aliphatic heterocycles. The topological polar surface area (TPSA) is 105 Å². The molecular formula is C16H20N2O5. The molecule has 7 nitrogen and oxygen atoms in total. The third-order valence-corrected chi connectivity index (χ3v) is 3.77. The van der Waals surface area contributed by atoms with Crippen LogP contribution < -0.4 is 15.4 Å². The third-order valence-electron chi connectivity index (χ3n) is 3.77. The van der Waals surface area contributed by atoms with Crippen molar-refractivity contribution in [2.24, 2.45) is 5.41 Å². The van der Waals surface area contributed by atoms with Gasteiger partial charge < -0.3 is 20.5 Å². The van der Waals surface area contributed by atoms with Crippen molar-refractivity contribution >= 4 is 17.8 Å². The fourth-order valence-corrected chi connectivity index (χ4v) is 2.08. The van der Waals surface area contributed by atoms with E-state index in [1.54, 1.807) is 24.3 Å². The van der Waals surface area contributed by atoms with E-state index in [1.807, 2.05) is 6.92 Å². The molecule has 0 saturated heterocycles. The third kappa shape index (κ3) is 4.45. The number of rotatable bonds is 8. The SMILES string of the molecule is CCOc1ccc(C(=O)NCC(=O)NCC2(C(=O)O)CC2)cc1. The van der Waals surface area contributed by atoms with Crippen LogP contribution in [0.5, 0.6) is 5.75 Å². The molecular weight excluding hydrogens is 300 g/mol. The van der Waals surface area contributed by atoms with Gasteiger partial charge in [0.15, 0.2) is 0 Å². The van der Waals surface area contributed by atoms with Crippen LogP contribution in [0.15, 0.2) is 24.3 Å². The van der Waals surface area contributed by atoms with Crippen molar-refractivity contribution in [2.75, 3.05) is 19.7 Å². The Morgan fingerprint density at radius 1 is 1.17 bits per heavy atom. The molecule has 0 heterocycles. The predicted octanol–water partition coefficient (Wildman–Crippen LogP) is 0.796. The van der Waals surface area contributed by atoms with Crippen molar-refractivity contribution in [1.82, 2.24) is 10.6 Å². The van der Waals surface area contributed by atoms with Gasteiger partial charge in [0.2, 0.25) is 5.91 Å². The van der Waals surface area contributed by atoms with Gasteiger partial charge in [-0.1, -0.05) is 0 Å². The summed E-state index contributed by atoms with van der Waals surface area (Å²) in [6.45, 7) is 2.32. The zero-order valence-corrected chi connectivity index (χ0v) is 12.9. The Bertz CT molecular complexity index is 593. The van der Waals surface area contributed by atoms with E-state index in [0.717, 1.165) is 0 Å². The molecule has 1 aromatic rings. The van der Waals surface area contributed by atoms with Gasteiger partial charge in [0, 0.05) is 12.1 Å². The molecule has 0 aromatic heterocycles. The van der Waals surface area contributed by atoms with Gasteiger partial charge in [0.25, 0.3) is 5.91 Å². The number of benzene rings is 1. The molecule has 1 aliphatic carbocycles.